The first-order chi connectivity index (χ1) is 13.6. The van der Waals surface area contributed by atoms with E-state index in [1.807, 2.05) is 43.3 Å². The molecule has 0 aliphatic carbocycles. The molecule has 28 heavy (non-hydrogen) atoms. The lowest BCUT2D eigenvalue weighted by Crippen LogP contribution is -2.27. The Hall–Kier alpha value is -3.54. The third kappa shape index (κ3) is 3.49. The topological polar surface area (TPSA) is 59.8 Å². The third-order valence-corrected chi connectivity index (χ3v) is 4.67. The molecule has 0 bridgehead atoms. The number of hydrogen-bond acceptors (Lipinski definition) is 3. The maximum absolute atomic E-state index is 14.0. The SMILES string of the molecule is Cc1ccc(-n2nccn2)c(C(=O)NCCc2ccc(F)c3ccccc23)c1. The van der Waals surface area contributed by atoms with Crippen LogP contribution < -0.4 is 5.32 Å². The van der Waals surface area contributed by atoms with Crippen molar-refractivity contribution in [2.24, 2.45) is 0 Å². The van der Waals surface area contributed by atoms with Gasteiger partial charge in [-0.05, 0) is 42.5 Å². The van der Waals surface area contributed by atoms with Gasteiger partial charge in [0.1, 0.15) is 5.82 Å². The second kappa shape index (κ2) is 7.60. The van der Waals surface area contributed by atoms with Crippen LogP contribution in [0, 0.1) is 12.7 Å². The second-order valence-corrected chi connectivity index (χ2v) is 6.60. The summed E-state index contributed by atoms with van der Waals surface area (Å²) in [6, 6.07) is 16.2. The minimum absolute atomic E-state index is 0.192. The van der Waals surface area contributed by atoms with Gasteiger partial charge >= 0.3 is 0 Å². The molecule has 0 saturated carbocycles. The highest BCUT2D eigenvalue weighted by Crippen LogP contribution is 2.22. The molecule has 0 unspecified atom stereocenters. The fourth-order valence-corrected chi connectivity index (χ4v) is 3.29. The number of benzene rings is 3. The summed E-state index contributed by atoms with van der Waals surface area (Å²) in [5, 5.41) is 12.7. The number of hydrogen-bond donors (Lipinski definition) is 1. The quantitative estimate of drug-likeness (QED) is 0.577. The van der Waals surface area contributed by atoms with E-state index in [0.717, 1.165) is 16.5 Å². The molecule has 1 aromatic heterocycles. The first-order valence-corrected chi connectivity index (χ1v) is 9.05. The van der Waals surface area contributed by atoms with Gasteiger partial charge in [-0.2, -0.15) is 15.0 Å². The number of carbonyl (C=O) groups excluding carboxylic acids is 1. The van der Waals surface area contributed by atoms with E-state index in [9.17, 15) is 9.18 Å². The maximum atomic E-state index is 14.0. The zero-order valence-corrected chi connectivity index (χ0v) is 15.4. The van der Waals surface area contributed by atoms with Gasteiger partial charge < -0.3 is 5.32 Å². The van der Waals surface area contributed by atoms with Gasteiger partial charge in [-0.1, -0.05) is 42.0 Å². The molecule has 140 valence electrons. The Bertz CT molecular complexity index is 1140. The number of rotatable bonds is 5. The highest BCUT2D eigenvalue weighted by Gasteiger charge is 2.14. The van der Waals surface area contributed by atoms with Crippen LogP contribution in [0.15, 0.2) is 67.0 Å². The molecule has 3 aromatic carbocycles. The first-order valence-electron chi connectivity index (χ1n) is 9.05. The summed E-state index contributed by atoms with van der Waals surface area (Å²) in [4.78, 5) is 14.2. The Balaban J connectivity index is 1.52. The van der Waals surface area contributed by atoms with Crippen molar-refractivity contribution in [2.75, 3.05) is 6.54 Å². The average Bonchev–Trinajstić information content (AvgIpc) is 3.24. The summed E-state index contributed by atoms with van der Waals surface area (Å²) in [7, 11) is 0. The Morgan fingerprint density at radius 2 is 1.79 bits per heavy atom. The van der Waals surface area contributed by atoms with Crippen molar-refractivity contribution in [3.05, 3.63) is 89.5 Å². The monoisotopic (exact) mass is 374 g/mol. The van der Waals surface area contributed by atoms with Gasteiger partial charge in [0, 0.05) is 11.9 Å². The molecule has 4 rings (SSSR count). The summed E-state index contributed by atoms with van der Waals surface area (Å²) >= 11 is 0. The van der Waals surface area contributed by atoms with Crippen molar-refractivity contribution in [2.45, 2.75) is 13.3 Å². The Morgan fingerprint density at radius 1 is 1.04 bits per heavy atom. The standard InChI is InChI=1S/C22H19FN4O/c1-15-6-9-21(27-25-12-13-26-27)19(14-15)22(28)24-11-10-16-7-8-20(23)18-5-3-2-4-17(16)18/h2-9,12-14H,10-11H2,1H3,(H,24,28). The fourth-order valence-electron chi connectivity index (χ4n) is 3.29. The lowest BCUT2D eigenvalue weighted by atomic mass is 10.0. The van der Waals surface area contributed by atoms with E-state index < -0.39 is 0 Å². The lowest BCUT2D eigenvalue weighted by Gasteiger charge is -2.11. The van der Waals surface area contributed by atoms with Crippen LogP contribution in [0.3, 0.4) is 0 Å². The molecule has 5 nitrogen and oxygen atoms in total. The van der Waals surface area contributed by atoms with E-state index in [-0.39, 0.29) is 11.7 Å². The van der Waals surface area contributed by atoms with Gasteiger partial charge in [0.15, 0.2) is 0 Å². The molecule has 1 N–H and O–H groups in total. The Labute approximate surface area is 161 Å². The van der Waals surface area contributed by atoms with Crippen LogP contribution in [-0.4, -0.2) is 27.4 Å². The largest absolute Gasteiger partial charge is 0.352 e. The van der Waals surface area contributed by atoms with Crippen molar-refractivity contribution < 1.29 is 9.18 Å². The number of aromatic nitrogens is 3. The van der Waals surface area contributed by atoms with Crippen molar-refractivity contribution in [1.29, 1.82) is 0 Å². The van der Waals surface area contributed by atoms with Crippen LogP contribution in [0.1, 0.15) is 21.5 Å². The normalized spacial score (nSPS) is 10.9. The molecule has 6 heteroatoms. The van der Waals surface area contributed by atoms with E-state index in [4.69, 9.17) is 0 Å². The molecule has 1 heterocycles. The van der Waals surface area contributed by atoms with Gasteiger partial charge in [-0.3, -0.25) is 4.79 Å². The Morgan fingerprint density at radius 3 is 2.57 bits per heavy atom. The summed E-state index contributed by atoms with van der Waals surface area (Å²) in [5.74, 6) is -0.429. The van der Waals surface area contributed by atoms with E-state index in [1.165, 1.54) is 10.9 Å². The van der Waals surface area contributed by atoms with Crippen LogP contribution in [0.5, 0.6) is 0 Å². The fraction of sp³-hybridized carbons (Fsp3) is 0.136. The third-order valence-electron chi connectivity index (χ3n) is 4.67. The second-order valence-electron chi connectivity index (χ2n) is 6.60. The lowest BCUT2D eigenvalue weighted by molar-refractivity contribution is 0.0953. The molecule has 1 amide bonds. The van der Waals surface area contributed by atoms with Crippen molar-refractivity contribution in [3.63, 3.8) is 0 Å². The van der Waals surface area contributed by atoms with E-state index in [2.05, 4.69) is 15.5 Å². The van der Waals surface area contributed by atoms with Crippen LogP contribution >= 0.6 is 0 Å². The van der Waals surface area contributed by atoms with Crippen LogP contribution in [0.4, 0.5) is 4.39 Å². The molecular weight excluding hydrogens is 355 g/mol. The molecule has 4 aromatic rings. The summed E-state index contributed by atoms with van der Waals surface area (Å²) < 4.78 is 14.0. The van der Waals surface area contributed by atoms with Gasteiger partial charge in [-0.15, -0.1) is 0 Å². The number of nitrogens with one attached hydrogen (secondary N) is 1. The molecule has 0 saturated heterocycles. The molecule has 0 radical (unpaired) electrons. The van der Waals surface area contributed by atoms with Crippen LogP contribution in [0.25, 0.3) is 16.5 Å². The number of carbonyl (C=O) groups is 1. The van der Waals surface area contributed by atoms with Gasteiger partial charge in [0.25, 0.3) is 5.91 Å². The zero-order chi connectivity index (χ0) is 19.5. The van der Waals surface area contributed by atoms with Crippen molar-refractivity contribution >= 4 is 16.7 Å². The highest BCUT2D eigenvalue weighted by atomic mass is 19.1. The van der Waals surface area contributed by atoms with E-state index in [1.54, 1.807) is 24.5 Å². The molecule has 0 fully saturated rings. The molecule has 0 spiro atoms. The van der Waals surface area contributed by atoms with E-state index >= 15 is 0 Å². The number of halogens is 1. The van der Waals surface area contributed by atoms with Gasteiger partial charge in [0.2, 0.25) is 0 Å². The predicted molar refractivity (Wildman–Crippen MR) is 106 cm³/mol. The predicted octanol–water partition coefficient (Wildman–Crippen LogP) is 3.84. The number of fused-ring (bicyclic) bond motifs is 1. The van der Waals surface area contributed by atoms with E-state index in [0.29, 0.717) is 29.6 Å². The maximum Gasteiger partial charge on any atom is 0.253 e. The van der Waals surface area contributed by atoms with Gasteiger partial charge in [0.05, 0.1) is 23.6 Å². The number of amides is 1. The van der Waals surface area contributed by atoms with Crippen molar-refractivity contribution in [3.8, 4) is 5.69 Å². The smallest absolute Gasteiger partial charge is 0.253 e. The molecule has 0 aliphatic heterocycles. The molecule has 0 aliphatic rings. The highest BCUT2D eigenvalue weighted by molar-refractivity contribution is 5.98. The van der Waals surface area contributed by atoms with Crippen molar-refractivity contribution in [1.82, 2.24) is 20.3 Å². The Kier molecular flexibility index (Phi) is 4.85. The summed E-state index contributed by atoms with van der Waals surface area (Å²) in [6.45, 7) is 2.37. The minimum atomic E-state index is -0.237. The summed E-state index contributed by atoms with van der Waals surface area (Å²) in [6.07, 6.45) is 3.75. The number of nitrogens with zero attached hydrogens (tertiary/aromatic N) is 3. The van der Waals surface area contributed by atoms with Crippen LogP contribution in [0.2, 0.25) is 0 Å². The van der Waals surface area contributed by atoms with Gasteiger partial charge in [-0.25, -0.2) is 4.39 Å². The molecule has 0 atom stereocenters. The summed E-state index contributed by atoms with van der Waals surface area (Å²) in [5.41, 5.74) is 3.11. The first kappa shape index (κ1) is 17.9. The number of aryl methyl sites for hydroxylation is 1. The molecular formula is C22H19FN4O. The zero-order valence-electron chi connectivity index (χ0n) is 15.4. The minimum Gasteiger partial charge on any atom is -0.352 e. The van der Waals surface area contributed by atoms with Crippen LogP contribution in [-0.2, 0) is 6.42 Å². The average molecular weight is 374 g/mol.